The van der Waals surface area contributed by atoms with E-state index >= 15 is 0 Å². The van der Waals surface area contributed by atoms with Crippen LogP contribution in [0.3, 0.4) is 0 Å². The highest BCUT2D eigenvalue weighted by Gasteiger charge is 2.50. The Morgan fingerprint density at radius 3 is 2.71 bits per heavy atom. The maximum absolute atomic E-state index is 11.8. The second kappa shape index (κ2) is 3.98. The molecule has 0 aliphatic carbocycles. The summed E-state index contributed by atoms with van der Waals surface area (Å²) >= 11 is 0. The Morgan fingerprint density at radius 2 is 2.18 bits per heavy atom. The van der Waals surface area contributed by atoms with Gasteiger partial charge in [-0.15, -0.1) is 0 Å². The van der Waals surface area contributed by atoms with Gasteiger partial charge in [0.05, 0.1) is 13.2 Å². The number of hydrogen-bond donors (Lipinski definition) is 0. The lowest BCUT2D eigenvalue weighted by atomic mass is 9.98. The average molecular weight is 241 g/mol. The lowest BCUT2D eigenvalue weighted by Gasteiger charge is -2.25. The van der Waals surface area contributed by atoms with Crippen molar-refractivity contribution in [2.45, 2.75) is 44.8 Å². The van der Waals surface area contributed by atoms with Crippen molar-refractivity contribution in [2.75, 3.05) is 19.7 Å². The molecular weight excluding hydrogens is 222 g/mol. The summed E-state index contributed by atoms with van der Waals surface area (Å²) in [6.07, 6.45) is 0.686. The van der Waals surface area contributed by atoms with Crippen LogP contribution in [-0.2, 0) is 14.3 Å². The Balaban J connectivity index is 1.98. The van der Waals surface area contributed by atoms with E-state index in [9.17, 15) is 9.59 Å². The van der Waals surface area contributed by atoms with Crippen molar-refractivity contribution in [2.24, 2.45) is 0 Å². The fraction of sp³-hybridized carbons (Fsp3) is 0.833. The third-order valence-electron chi connectivity index (χ3n) is 3.10. The zero-order valence-electron chi connectivity index (χ0n) is 10.6. The molecule has 96 valence electrons. The number of likely N-dealkylation sites (tertiary alicyclic amines) is 1. The number of rotatable bonds is 0. The number of ether oxygens (including phenoxy) is 2. The summed E-state index contributed by atoms with van der Waals surface area (Å²) < 4.78 is 10.8. The van der Waals surface area contributed by atoms with Gasteiger partial charge in [0.25, 0.3) is 0 Å². The zero-order valence-corrected chi connectivity index (χ0v) is 10.6. The Labute approximate surface area is 101 Å². The molecule has 5 heteroatoms. The van der Waals surface area contributed by atoms with Gasteiger partial charge in [0.2, 0.25) is 0 Å². The van der Waals surface area contributed by atoms with Crippen molar-refractivity contribution in [3.63, 3.8) is 0 Å². The highest BCUT2D eigenvalue weighted by molar-refractivity contribution is 5.90. The summed E-state index contributed by atoms with van der Waals surface area (Å²) in [4.78, 5) is 25.2. The quantitative estimate of drug-likeness (QED) is 0.642. The first-order valence-electron chi connectivity index (χ1n) is 5.98. The van der Waals surface area contributed by atoms with E-state index in [1.54, 1.807) is 4.90 Å². The summed E-state index contributed by atoms with van der Waals surface area (Å²) in [6.45, 7) is 6.82. The van der Waals surface area contributed by atoms with Crippen molar-refractivity contribution in [3.8, 4) is 0 Å². The van der Waals surface area contributed by atoms with Gasteiger partial charge >= 0.3 is 6.09 Å². The molecule has 1 amide bonds. The smallest absolute Gasteiger partial charge is 0.410 e. The molecule has 2 saturated heterocycles. The molecule has 0 aromatic heterocycles. The summed E-state index contributed by atoms with van der Waals surface area (Å²) in [5.74, 6) is 0.114. The van der Waals surface area contributed by atoms with E-state index in [1.807, 2.05) is 20.8 Å². The lowest BCUT2D eigenvalue weighted by molar-refractivity contribution is -0.130. The Bertz CT molecular complexity index is 347. The topological polar surface area (TPSA) is 55.8 Å². The molecule has 2 fully saturated rings. The molecule has 0 aromatic carbocycles. The third-order valence-corrected chi connectivity index (χ3v) is 3.10. The molecule has 0 radical (unpaired) electrons. The van der Waals surface area contributed by atoms with E-state index in [4.69, 9.17) is 9.47 Å². The first-order valence-corrected chi connectivity index (χ1v) is 5.98. The molecule has 0 saturated carbocycles. The Morgan fingerprint density at radius 1 is 1.47 bits per heavy atom. The van der Waals surface area contributed by atoms with Crippen LogP contribution in [0.2, 0.25) is 0 Å². The average Bonchev–Trinajstić information content (AvgIpc) is 2.74. The maximum atomic E-state index is 11.8. The second-order valence-corrected chi connectivity index (χ2v) is 5.67. The number of hydrogen-bond acceptors (Lipinski definition) is 4. The van der Waals surface area contributed by atoms with E-state index in [-0.39, 0.29) is 11.9 Å². The predicted molar refractivity (Wildman–Crippen MR) is 60.7 cm³/mol. The molecule has 2 rings (SSSR count). The molecular formula is C12H19NO4. The van der Waals surface area contributed by atoms with Crippen molar-refractivity contribution < 1.29 is 19.1 Å². The van der Waals surface area contributed by atoms with Gasteiger partial charge in [-0.3, -0.25) is 4.79 Å². The van der Waals surface area contributed by atoms with Crippen molar-refractivity contribution >= 4 is 11.9 Å². The first-order chi connectivity index (χ1) is 7.82. The van der Waals surface area contributed by atoms with Gasteiger partial charge in [0, 0.05) is 19.4 Å². The molecule has 2 aliphatic heterocycles. The number of nitrogens with zero attached hydrogens (tertiary/aromatic N) is 1. The largest absolute Gasteiger partial charge is 0.444 e. The second-order valence-electron chi connectivity index (χ2n) is 5.67. The van der Waals surface area contributed by atoms with Crippen LogP contribution in [0.4, 0.5) is 4.79 Å². The number of amides is 1. The van der Waals surface area contributed by atoms with E-state index in [0.717, 1.165) is 0 Å². The van der Waals surface area contributed by atoms with Crippen LogP contribution in [0.25, 0.3) is 0 Å². The van der Waals surface area contributed by atoms with Gasteiger partial charge < -0.3 is 14.4 Å². The van der Waals surface area contributed by atoms with Crippen LogP contribution in [0.15, 0.2) is 0 Å². The summed E-state index contributed by atoms with van der Waals surface area (Å²) in [6, 6.07) is 0. The molecule has 1 unspecified atom stereocenters. The third kappa shape index (κ3) is 2.44. The lowest BCUT2D eigenvalue weighted by Crippen LogP contribution is -2.42. The van der Waals surface area contributed by atoms with Crippen molar-refractivity contribution in [1.82, 2.24) is 4.90 Å². The fourth-order valence-corrected chi connectivity index (χ4v) is 2.26. The fourth-order valence-electron chi connectivity index (χ4n) is 2.26. The van der Waals surface area contributed by atoms with E-state index in [0.29, 0.717) is 32.5 Å². The number of carbonyl (C=O) groups is 2. The molecule has 17 heavy (non-hydrogen) atoms. The minimum atomic E-state index is -0.739. The SMILES string of the molecule is CC(C)(C)OC(=O)N1CCC2(C1)OCCC2=O. The van der Waals surface area contributed by atoms with Crippen LogP contribution in [0.5, 0.6) is 0 Å². The number of Topliss-reactive ketones (excluding diaryl/α,β-unsaturated/α-hetero) is 1. The van der Waals surface area contributed by atoms with Crippen LogP contribution in [0.1, 0.15) is 33.6 Å². The van der Waals surface area contributed by atoms with E-state index < -0.39 is 11.2 Å². The molecule has 2 aliphatic rings. The van der Waals surface area contributed by atoms with Crippen molar-refractivity contribution in [1.29, 1.82) is 0 Å². The molecule has 0 N–H and O–H groups in total. The molecule has 5 nitrogen and oxygen atoms in total. The van der Waals surface area contributed by atoms with Gasteiger partial charge in [0.1, 0.15) is 11.2 Å². The Kier molecular flexibility index (Phi) is 2.89. The van der Waals surface area contributed by atoms with Gasteiger partial charge in [-0.1, -0.05) is 0 Å². The molecule has 0 aromatic rings. The predicted octanol–water partition coefficient (Wildman–Crippen LogP) is 1.36. The molecule has 0 bridgehead atoms. The van der Waals surface area contributed by atoms with Crippen LogP contribution in [0, 0.1) is 0 Å². The van der Waals surface area contributed by atoms with Gasteiger partial charge in [0.15, 0.2) is 5.78 Å². The summed E-state index contributed by atoms with van der Waals surface area (Å²) in [7, 11) is 0. The molecule has 2 heterocycles. The minimum absolute atomic E-state index is 0.114. The Hall–Kier alpha value is -1.10. The highest BCUT2D eigenvalue weighted by Crippen LogP contribution is 2.32. The zero-order chi connectivity index (χ0) is 12.7. The van der Waals surface area contributed by atoms with Crippen LogP contribution >= 0.6 is 0 Å². The number of ketones is 1. The molecule has 1 spiro atoms. The monoisotopic (exact) mass is 241 g/mol. The van der Waals surface area contributed by atoms with E-state index in [1.165, 1.54) is 0 Å². The van der Waals surface area contributed by atoms with E-state index in [2.05, 4.69) is 0 Å². The van der Waals surface area contributed by atoms with Crippen LogP contribution in [-0.4, -0.2) is 47.7 Å². The van der Waals surface area contributed by atoms with Crippen LogP contribution < -0.4 is 0 Å². The summed E-state index contributed by atoms with van der Waals surface area (Å²) in [5.41, 5.74) is -1.25. The standard InChI is InChI=1S/C12H19NO4/c1-11(2,3)17-10(15)13-6-5-12(8-13)9(14)4-7-16-12/h4-8H2,1-3H3. The van der Waals surface area contributed by atoms with Gasteiger partial charge in [-0.05, 0) is 20.8 Å². The molecule has 1 atom stereocenters. The normalized spacial score (nSPS) is 29.1. The first kappa shape index (κ1) is 12.4. The summed E-state index contributed by atoms with van der Waals surface area (Å²) in [5, 5.41) is 0. The maximum Gasteiger partial charge on any atom is 0.410 e. The van der Waals surface area contributed by atoms with Gasteiger partial charge in [-0.2, -0.15) is 0 Å². The van der Waals surface area contributed by atoms with Crippen molar-refractivity contribution in [3.05, 3.63) is 0 Å². The highest BCUT2D eigenvalue weighted by atomic mass is 16.6. The van der Waals surface area contributed by atoms with Gasteiger partial charge in [-0.25, -0.2) is 4.79 Å². The number of carbonyl (C=O) groups excluding carboxylic acids is 2. The minimum Gasteiger partial charge on any atom is -0.444 e.